The smallest absolute Gasteiger partial charge is 0.255 e. The van der Waals surface area contributed by atoms with Crippen molar-refractivity contribution in [2.75, 3.05) is 5.32 Å². The van der Waals surface area contributed by atoms with E-state index in [-0.39, 0.29) is 11.5 Å². The summed E-state index contributed by atoms with van der Waals surface area (Å²) in [6.07, 6.45) is 0. The monoisotopic (exact) mass is 254 g/mol. The van der Waals surface area contributed by atoms with E-state index in [0.29, 0.717) is 11.3 Å². The fourth-order valence-electron chi connectivity index (χ4n) is 1.62. The van der Waals surface area contributed by atoms with Gasteiger partial charge in [-0.2, -0.15) is 5.26 Å². The molecule has 2 aromatic carbocycles. The van der Waals surface area contributed by atoms with Gasteiger partial charge in [0.05, 0.1) is 11.3 Å². The van der Waals surface area contributed by atoms with Crippen LogP contribution in [0.3, 0.4) is 0 Å². The number of carbonyl (C=O) groups is 1. The van der Waals surface area contributed by atoms with E-state index in [1.807, 2.05) is 25.1 Å². The number of nitrogens with one attached hydrogen (secondary N) is 1. The highest BCUT2D eigenvalue weighted by atomic mass is 19.1. The van der Waals surface area contributed by atoms with E-state index in [1.165, 1.54) is 12.1 Å². The Kier molecular flexibility index (Phi) is 3.58. The molecule has 4 heteroatoms. The van der Waals surface area contributed by atoms with Gasteiger partial charge >= 0.3 is 0 Å². The number of aryl methyl sites for hydroxylation is 1. The van der Waals surface area contributed by atoms with Gasteiger partial charge in [0.1, 0.15) is 11.9 Å². The Balaban J connectivity index is 2.24. The van der Waals surface area contributed by atoms with Crippen molar-refractivity contribution in [3.8, 4) is 6.07 Å². The molecule has 2 aromatic rings. The fraction of sp³-hybridized carbons (Fsp3) is 0.0667. The summed E-state index contributed by atoms with van der Waals surface area (Å²) in [5.41, 5.74) is 1.93. The van der Waals surface area contributed by atoms with Gasteiger partial charge < -0.3 is 5.32 Å². The molecule has 0 aliphatic carbocycles. The number of anilines is 1. The highest BCUT2D eigenvalue weighted by Crippen LogP contribution is 2.17. The third kappa shape index (κ3) is 2.96. The fourth-order valence-corrected chi connectivity index (χ4v) is 1.62. The Bertz CT molecular complexity index is 657. The van der Waals surface area contributed by atoms with Crippen LogP contribution in [0.15, 0.2) is 42.5 Å². The number of halogens is 1. The van der Waals surface area contributed by atoms with E-state index in [1.54, 1.807) is 12.1 Å². The normalized spacial score (nSPS) is 9.74. The van der Waals surface area contributed by atoms with Gasteiger partial charge in [0.25, 0.3) is 5.91 Å². The summed E-state index contributed by atoms with van der Waals surface area (Å²) < 4.78 is 13.0. The summed E-state index contributed by atoms with van der Waals surface area (Å²) in [4.78, 5) is 12.0. The molecule has 0 saturated heterocycles. The average Bonchev–Trinajstić information content (AvgIpc) is 2.41. The second-order valence-electron chi connectivity index (χ2n) is 4.12. The zero-order valence-corrected chi connectivity index (χ0v) is 10.3. The van der Waals surface area contributed by atoms with E-state index in [0.717, 1.165) is 11.6 Å². The summed E-state index contributed by atoms with van der Waals surface area (Å²) in [7, 11) is 0. The van der Waals surface area contributed by atoms with Gasteiger partial charge in [-0.1, -0.05) is 17.7 Å². The Hall–Kier alpha value is -2.67. The van der Waals surface area contributed by atoms with Crippen molar-refractivity contribution < 1.29 is 9.18 Å². The molecule has 1 N–H and O–H groups in total. The van der Waals surface area contributed by atoms with Crippen LogP contribution in [-0.2, 0) is 0 Å². The summed E-state index contributed by atoms with van der Waals surface area (Å²) in [5.74, 6) is -0.840. The van der Waals surface area contributed by atoms with E-state index in [2.05, 4.69) is 5.32 Å². The molecule has 0 aromatic heterocycles. The first-order valence-electron chi connectivity index (χ1n) is 5.68. The van der Waals surface area contributed by atoms with Crippen molar-refractivity contribution in [3.63, 3.8) is 0 Å². The van der Waals surface area contributed by atoms with E-state index in [4.69, 9.17) is 5.26 Å². The summed E-state index contributed by atoms with van der Waals surface area (Å²) in [6.45, 7) is 1.93. The van der Waals surface area contributed by atoms with Gasteiger partial charge in [0.15, 0.2) is 0 Å². The van der Waals surface area contributed by atoms with Crippen molar-refractivity contribution in [2.24, 2.45) is 0 Å². The van der Waals surface area contributed by atoms with Gasteiger partial charge in [0, 0.05) is 5.56 Å². The van der Waals surface area contributed by atoms with Crippen molar-refractivity contribution in [1.82, 2.24) is 0 Å². The molecule has 0 fully saturated rings. The predicted molar refractivity (Wildman–Crippen MR) is 70.2 cm³/mol. The molecule has 94 valence electrons. The maximum absolute atomic E-state index is 13.0. The number of carbonyl (C=O) groups excluding carboxylic acids is 1. The lowest BCUT2D eigenvalue weighted by atomic mass is 10.1. The van der Waals surface area contributed by atoms with E-state index >= 15 is 0 Å². The summed E-state index contributed by atoms with van der Waals surface area (Å²) in [5, 5.41) is 11.5. The number of benzene rings is 2. The highest BCUT2D eigenvalue weighted by Gasteiger charge is 2.09. The largest absolute Gasteiger partial charge is 0.321 e. The average molecular weight is 254 g/mol. The van der Waals surface area contributed by atoms with Crippen LogP contribution < -0.4 is 5.32 Å². The quantitative estimate of drug-likeness (QED) is 0.894. The molecule has 0 heterocycles. The molecule has 0 radical (unpaired) electrons. The maximum atomic E-state index is 13.0. The lowest BCUT2D eigenvalue weighted by Crippen LogP contribution is -2.12. The third-order valence-electron chi connectivity index (χ3n) is 2.66. The van der Waals surface area contributed by atoms with Crippen LogP contribution in [0.2, 0.25) is 0 Å². The van der Waals surface area contributed by atoms with Crippen LogP contribution in [-0.4, -0.2) is 5.91 Å². The van der Waals surface area contributed by atoms with Crippen LogP contribution in [0.1, 0.15) is 21.5 Å². The Morgan fingerprint density at radius 1 is 1.21 bits per heavy atom. The minimum Gasteiger partial charge on any atom is -0.321 e. The van der Waals surface area contributed by atoms with Crippen molar-refractivity contribution in [1.29, 1.82) is 5.26 Å². The molecule has 0 aliphatic heterocycles. The molecule has 1 amide bonds. The number of amides is 1. The molecular weight excluding hydrogens is 243 g/mol. The third-order valence-corrected chi connectivity index (χ3v) is 2.66. The molecule has 3 nitrogen and oxygen atoms in total. The van der Waals surface area contributed by atoms with Crippen LogP contribution in [0, 0.1) is 24.1 Å². The molecule has 0 bridgehead atoms. The molecule has 0 unspecified atom stereocenters. The number of hydrogen-bond acceptors (Lipinski definition) is 2. The minimum absolute atomic E-state index is 0.0976. The first kappa shape index (κ1) is 12.8. The number of nitriles is 1. The van der Waals surface area contributed by atoms with Crippen molar-refractivity contribution in [2.45, 2.75) is 6.92 Å². The minimum atomic E-state index is -0.509. The molecule has 0 atom stereocenters. The van der Waals surface area contributed by atoms with Gasteiger partial charge in [-0.3, -0.25) is 4.79 Å². The SMILES string of the molecule is Cc1ccc(C(=O)Nc2ccc(F)cc2C#N)cc1. The van der Waals surface area contributed by atoms with E-state index < -0.39 is 5.82 Å². The number of rotatable bonds is 2. The highest BCUT2D eigenvalue weighted by molar-refractivity contribution is 6.04. The molecular formula is C15H11FN2O. The van der Waals surface area contributed by atoms with Crippen LogP contribution in [0.25, 0.3) is 0 Å². The standard InChI is InChI=1S/C15H11FN2O/c1-10-2-4-11(5-3-10)15(19)18-14-7-6-13(16)8-12(14)9-17/h2-8H,1H3,(H,18,19). The van der Waals surface area contributed by atoms with Crippen molar-refractivity contribution in [3.05, 3.63) is 65.0 Å². The van der Waals surface area contributed by atoms with Gasteiger partial charge in [0.2, 0.25) is 0 Å². The first-order valence-corrected chi connectivity index (χ1v) is 5.68. The Labute approximate surface area is 110 Å². The maximum Gasteiger partial charge on any atom is 0.255 e. The predicted octanol–water partition coefficient (Wildman–Crippen LogP) is 3.26. The van der Waals surface area contributed by atoms with Gasteiger partial charge in [-0.25, -0.2) is 4.39 Å². The molecule has 0 spiro atoms. The lowest BCUT2D eigenvalue weighted by Gasteiger charge is -2.07. The molecule has 0 saturated carbocycles. The first-order chi connectivity index (χ1) is 9.10. The lowest BCUT2D eigenvalue weighted by molar-refractivity contribution is 0.102. The molecule has 19 heavy (non-hydrogen) atoms. The number of nitrogens with zero attached hydrogens (tertiary/aromatic N) is 1. The van der Waals surface area contributed by atoms with Crippen LogP contribution >= 0.6 is 0 Å². The Morgan fingerprint density at radius 2 is 1.89 bits per heavy atom. The summed E-state index contributed by atoms with van der Waals surface area (Å²) in [6, 6.07) is 12.5. The zero-order chi connectivity index (χ0) is 13.8. The topological polar surface area (TPSA) is 52.9 Å². The van der Waals surface area contributed by atoms with Crippen LogP contribution in [0.5, 0.6) is 0 Å². The van der Waals surface area contributed by atoms with E-state index in [9.17, 15) is 9.18 Å². The number of hydrogen-bond donors (Lipinski definition) is 1. The molecule has 2 rings (SSSR count). The Morgan fingerprint density at radius 3 is 2.53 bits per heavy atom. The van der Waals surface area contributed by atoms with Gasteiger partial charge in [-0.05, 0) is 37.3 Å². The zero-order valence-electron chi connectivity index (χ0n) is 10.3. The second kappa shape index (κ2) is 5.32. The van der Waals surface area contributed by atoms with Crippen LogP contribution in [0.4, 0.5) is 10.1 Å². The van der Waals surface area contributed by atoms with Crippen molar-refractivity contribution >= 4 is 11.6 Å². The molecule has 0 aliphatic rings. The summed E-state index contributed by atoms with van der Waals surface area (Å²) >= 11 is 0. The second-order valence-corrected chi connectivity index (χ2v) is 4.12. The van der Waals surface area contributed by atoms with Gasteiger partial charge in [-0.15, -0.1) is 0 Å².